The van der Waals surface area contributed by atoms with Crippen molar-refractivity contribution in [3.63, 3.8) is 0 Å². The van der Waals surface area contributed by atoms with Crippen LogP contribution in [0.5, 0.6) is 0 Å². The summed E-state index contributed by atoms with van der Waals surface area (Å²) in [4.78, 5) is 4.12. The number of rotatable bonds is 2. The topological polar surface area (TPSA) is 27.1 Å². The molecule has 0 aliphatic carbocycles. The van der Waals surface area contributed by atoms with Gasteiger partial charge in [-0.25, -0.2) is 4.98 Å². The number of hydrogen-bond acceptors (Lipinski definition) is 2. The molecule has 0 bridgehead atoms. The summed E-state index contributed by atoms with van der Waals surface area (Å²) in [6, 6.07) is 0. The number of nitrogens with zero attached hydrogens (tertiary/aromatic N) is 2. The summed E-state index contributed by atoms with van der Waals surface area (Å²) in [6.45, 7) is 7.18. The highest BCUT2D eigenvalue weighted by Gasteiger charge is 2.30. The van der Waals surface area contributed by atoms with Gasteiger partial charge in [-0.05, 0) is 13.3 Å². The van der Waals surface area contributed by atoms with Gasteiger partial charge in [0.1, 0.15) is 0 Å². The standard InChI is InChI=1S/C10H16N2O/c1-9-5-11-8-12(9)6-10(2)3-4-13-7-10/h5,8H,3-4,6-7H2,1-2H3. The fraction of sp³-hybridized carbons (Fsp3) is 0.700. The van der Waals surface area contributed by atoms with Crippen LogP contribution in [-0.2, 0) is 11.3 Å². The first kappa shape index (κ1) is 8.75. The molecule has 0 N–H and O–H groups in total. The maximum Gasteiger partial charge on any atom is 0.0948 e. The van der Waals surface area contributed by atoms with Crippen LogP contribution in [0, 0.1) is 12.3 Å². The highest BCUT2D eigenvalue weighted by atomic mass is 16.5. The van der Waals surface area contributed by atoms with E-state index in [4.69, 9.17) is 4.74 Å². The Balaban J connectivity index is 2.09. The second kappa shape index (κ2) is 3.14. The zero-order valence-corrected chi connectivity index (χ0v) is 8.29. The molecular weight excluding hydrogens is 164 g/mol. The van der Waals surface area contributed by atoms with Crippen molar-refractivity contribution >= 4 is 0 Å². The third-order valence-corrected chi connectivity index (χ3v) is 2.77. The van der Waals surface area contributed by atoms with Crippen LogP contribution in [0.25, 0.3) is 0 Å². The second-order valence-electron chi connectivity index (χ2n) is 4.28. The maximum absolute atomic E-state index is 5.41. The van der Waals surface area contributed by atoms with Crippen molar-refractivity contribution in [1.82, 2.24) is 9.55 Å². The van der Waals surface area contributed by atoms with Crippen LogP contribution < -0.4 is 0 Å². The molecule has 0 amide bonds. The molecule has 72 valence electrons. The minimum Gasteiger partial charge on any atom is -0.381 e. The monoisotopic (exact) mass is 180 g/mol. The molecule has 0 aromatic carbocycles. The maximum atomic E-state index is 5.41. The zero-order valence-electron chi connectivity index (χ0n) is 8.29. The predicted octanol–water partition coefficient (Wildman–Crippen LogP) is 1.62. The zero-order chi connectivity index (χ0) is 9.31. The molecule has 1 aromatic rings. The van der Waals surface area contributed by atoms with Crippen LogP contribution in [0.15, 0.2) is 12.5 Å². The first-order valence-corrected chi connectivity index (χ1v) is 4.74. The molecule has 0 radical (unpaired) electrons. The normalized spacial score (nSPS) is 28.2. The molecule has 3 heteroatoms. The van der Waals surface area contributed by atoms with E-state index in [0.717, 1.165) is 26.2 Å². The van der Waals surface area contributed by atoms with Gasteiger partial charge < -0.3 is 9.30 Å². The van der Waals surface area contributed by atoms with Gasteiger partial charge in [-0.15, -0.1) is 0 Å². The molecule has 1 aliphatic rings. The summed E-state index contributed by atoms with van der Waals surface area (Å²) in [7, 11) is 0. The number of hydrogen-bond donors (Lipinski definition) is 0. The van der Waals surface area contributed by atoms with Crippen LogP contribution in [0.4, 0.5) is 0 Å². The molecular formula is C10H16N2O. The number of imidazole rings is 1. The van der Waals surface area contributed by atoms with E-state index in [1.54, 1.807) is 0 Å². The lowest BCUT2D eigenvalue weighted by Crippen LogP contribution is -2.23. The van der Waals surface area contributed by atoms with Crippen molar-refractivity contribution in [1.29, 1.82) is 0 Å². The Bertz CT molecular complexity index is 287. The molecule has 1 unspecified atom stereocenters. The van der Waals surface area contributed by atoms with E-state index >= 15 is 0 Å². The van der Waals surface area contributed by atoms with Crippen molar-refractivity contribution < 1.29 is 4.74 Å². The molecule has 1 saturated heterocycles. The summed E-state index contributed by atoms with van der Waals surface area (Å²) in [5.74, 6) is 0. The van der Waals surface area contributed by atoms with E-state index < -0.39 is 0 Å². The first-order chi connectivity index (χ1) is 6.20. The van der Waals surface area contributed by atoms with E-state index in [1.165, 1.54) is 5.69 Å². The molecule has 13 heavy (non-hydrogen) atoms. The van der Waals surface area contributed by atoms with Crippen LogP contribution in [0.1, 0.15) is 19.0 Å². The van der Waals surface area contributed by atoms with Gasteiger partial charge in [0.05, 0.1) is 12.9 Å². The Morgan fingerprint density at radius 3 is 3.08 bits per heavy atom. The van der Waals surface area contributed by atoms with Gasteiger partial charge in [0, 0.05) is 30.5 Å². The minimum atomic E-state index is 0.311. The molecule has 3 nitrogen and oxygen atoms in total. The van der Waals surface area contributed by atoms with Crippen LogP contribution >= 0.6 is 0 Å². The molecule has 0 spiro atoms. The Labute approximate surface area is 78.7 Å². The Kier molecular flexibility index (Phi) is 2.12. The summed E-state index contributed by atoms with van der Waals surface area (Å²) < 4.78 is 7.62. The number of ether oxygens (including phenoxy) is 1. The van der Waals surface area contributed by atoms with Crippen molar-refractivity contribution in [2.24, 2.45) is 5.41 Å². The summed E-state index contributed by atoms with van der Waals surface area (Å²) in [5.41, 5.74) is 1.54. The SMILES string of the molecule is Cc1cncn1CC1(C)CCOC1. The van der Waals surface area contributed by atoms with Crippen molar-refractivity contribution in [3.8, 4) is 0 Å². The minimum absolute atomic E-state index is 0.311. The lowest BCUT2D eigenvalue weighted by molar-refractivity contribution is 0.149. The fourth-order valence-corrected chi connectivity index (χ4v) is 1.80. The van der Waals surface area contributed by atoms with E-state index in [-0.39, 0.29) is 0 Å². The average molecular weight is 180 g/mol. The second-order valence-corrected chi connectivity index (χ2v) is 4.28. The van der Waals surface area contributed by atoms with Crippen LogP contribution in [-0.4, -0.2) is 22.8 Å². The van der Waals surface area contributed by atoms with Gasteiger partial charge in [-0.3, -0.25) is 0 Å². The van der Waals surface area contributed by atoms with Crippen molar-refractivity contribution in [2.75, 3.05) is 13.2 Å². The smallest absolute Gasteiger partial charge is 0.0948 e. The molecule has 0 saturated carbocycles. The highest BCUT2D eigenvalue weighted by Crippen LogP contribution is 2.29. The number of aromatic nitrogens is 2. The lowest BCUT2D eigenvalue weighted by atomic mass is 9.90. The van der Waals surface area contributed by atoms with E-state index in [0.29, 0.717) is 5.41 Å². The van der Waals surface area contributed by atoms with Gasteiger partial charge >= 0.3 is 0 Å². The fourth-order valence-electron chi connectivity index (χ4n) is 1.80. The van der Waals surface area contributed by atoms with E-state index in [2.05, 4.69) is 23.4 Å². The largest absolute Gasteiger partial charge is 0.381 e. The molecule has 2 rings (SSSR count). The van der Waals surface area contributed by atoms with Gasteiger partial charge in [0.15, 0.2) is 0 Å². The van der Waals surface area contributed by atoms with E-state index in [1.807, 2.05) is 12.5 Å². The van der Waals surface area contributed by atoms with Gasteiger partial charge in [-0.2, -0.15) is 0 Å². The van der Waals surface area contributed by atoms with Crippen molar-refractivity contribution in [3.05, 3.63) is 18.2 Å². The molecule has 1 fully saturated rings. The Morgan fingerprint density at radius 2 is 2.54 bits per heavy atom. The third-order valence-electron chi connectivity index (χ3n) is 2.77. The first-order valence-electron chi connectivity index (χ1n) is 4.74. The highest BCUT2D eigenvalue weighted by molar-refractivity contribution is 4.96. The van der Waals surface area contributed by atoms with E-state index in [9.17, 15) is 0 Å². The summed E-state index contributed by atoms with van der Waals surface area (Å²) in [6.07, 6.45) is 4.96. The molecule has 1 atom stereocenters. The summed E-state index contributed by atoms with van der Waals surface area (Å²) >= 11 is 0. The Morgan fingerprint density at radius 1 is 1.69 bits per heavy atom. The van der Waals surface area contributed by atoms with Gasteiger partial charge in [0.2, 0.25) is 0 Å². The Hall–Kier alpha value is -0.830. The van der Waals surface area contributed by atoms with Gasteiger partial charge in [-0.1, -0.05) is 6.92 Å². The summed E-state index contributed by atoms with van der Waals surface area (Å²) in [5, 5.41) is 0. The lowest BCUT2D eigenvalue weighted by Gasteiger charge is -2.22. The average Bonchev–Trinajstić information content (AvgIpc) is 2.64. The number of aryl methyl sites for hydroxylation is 1. The molecule has 1 aromatic heterocycles. The predicted molar refractivity (Wildman–Crippen MR) is 50.5 cm³/mol. The van der Waals surface area contributed by atoms with Crippen LogP contribution in [0.2, 0.25) is 0 Å². The third kappa shape index (κ3) is 1.75. The van der Waals surface area contributed by atoms with Gasteiger partial charge in [0.25, 0.3) is 0 Å². The molecule has 1 aliphatic heterocycles. The quantitative estimate of drug-likeness (QED) is 0.691. The van der Waals surface area contributed by atoms with Crippen molar-refractivity contribution in [2.45, 2.75) is 26.8 Å². The van der Waals surface area contributed by atoms with Crippen LogP contribution in [0.3, 0.4) is 0 Å². The molecule has 2 heterocycles.